The number of thiophene rings is 1. The molecule has 0 atom stereocenters. The highest BCUT2D eigenvalue weighted by atomic mass is 35.5. The van der Waals surface area contributed by atoms with Crippen LogP contribution in [0, 0.1) is 0 Å². The number of nitrogens with one attached hydrogen (secondary N) is 1. The number of thiazole rings is 1. The summed E-state index contributed by atoms with van der Waals surface area (Å²) < 4.78 is 1.10. The van der Waals surface area contributed by atoms with E-state index in [-0.39, 0.29) is 5.78 Å². The Labute approximate surface area is 182 Å². The first-order valence-corrected chi connectivity index (χ1v) is 11.4. The quantitative estimate of drug-likeness (QED) is 0.247. The van der Waals surface area contributed by atoms with Crippen LogP contribution in [-0.2, 0) is 0 Å². The van der Waals surface area contributed by atoms with E-state index in [2.05, 4.69) is 12.2 Å². The molecule has 7 heteroatoms. The van der Waals surface area contributed by atoms with Crippen LogP contribution >= 0.6 is 34.3 Å². The lowest BCUT2D eigenvalue weighted by Crippen LogP contribution is -2.02. The number of benzene rings is 2. The molecule has 29 heavy (non-hydrogen) atoms. The van der Waals surface area contributed by atoms with Gasteiger partial charge in [0.15, 0.2) is 0 Å². The van der Waals surface area contributed by atoms with Crippen LogP contribution in [0.4, 0.5) is 10.7 Å². The Hall–Kier alpha value is -2.41. The smallest absolute Gasteiger partial charge is 0.205 e. The summed E-state index contributed by atoms with van der Waals surface area (Å²) in [5, 5.41) is 5.78. The van der Waals surface area contributed by atoms with Crippen molar-refractivity contribution < 1.29 is 4.79 Å². The third-order valence-electron chi connectivity index (χ3n) is 4.58. The third kappa shape index (κ3) is 4.01. The molecule has 2 aromatic heterocycles. The second kappa shape index (κ2) is 8.53. The number of ketones is 1. The monoisotopic (exact) mass is 441 g/mol. The van der Waals surface area contributed by atoms with E-state index in [1.54, 1.807) is 35.6 Å². The number of nitrogens with two attached hydrogens (primary N) is 1. The normalized spacial score (nSPS) is 11.1. The molecule has 0 saturated carbocycles. The molecule has 2 aromatic carbocycles. The van der Waals surface area contributed by atoms with Crippen LogP contribution in [0.15, 0.2) is 48.5 Å². The average Bonchev–Trinajstić information content (AvgIpc) is 3.28. The zero-order valence-corrected chi connectivity index (χ0v) is 18.3. The van der Waals surface area contributed by atoms with Crippen molar-refractivity contribution >= 4 is 61.0 Å². The summed E-state index contributed by atoms with van der Waals surface area (Å²) in [5.74, 6) is -0.102. The highest BCUT2D eigenvalue weighted by Crippen LogP contribution is 2.46. The summed E-state index contributed by atoms with van der Waals surface area (Å²) >= 11 is 8.95. The lowest BCUT2D eigenvalue weighted by atomic mass is 10.1. The molecule has 0 radical (unpaired) electrons. The number of halogens is 1. The first-order valence-electron chi connectivity index (χ1n) is 9.40. The first-order chi connectivity index (χ1) is 14.1. The Kier molecular flexibility index (Phi) is 5.85. The van der Waals surface area contributed by atoms with Crippen molar-refractivity contribution in [2.24, 2.45) is 0 Å². The number of hydrogen-bond acceptors (Lipinski definition) is 6. The molecule has 4 aromatic rings. The molecule has 0 spiro atoms. The van der Waals surface area contributed by atoms with E-state index in [0.717, 1.165) is 45.2 Å². The molecule has 0 amide bonds. The molecular formula is C22H20ClN3OS2. The fourth-order valence-electron chi connectivity index (χ4n) is 3.04. The standard InChI is InChI=1S/C22H20ClN3OS2/c1-2-3-12-25-21-17(22-26-15-6-4-5-7-16(15)28-22)18(24)20(29-21)19(27)13-8-10-14(23)11-9-13/h4-11,25H,2-3,12,24H2,1H3. The SMILES string of the molecule is CCCCNc1sc(C(=O)c2ccc(Cl)cc2)c(N)c1-c1nc2ccccc2s1. The van der Waals surface area contributed by atoms with Crippen molar-refractivity contribution in [2.75, 3.05) is 17.6 Å². The van der Waals surface area contributed by atoms with E-state index in [9.17, 15) is 4.79 Å². The minimum absolute atomic E-state index is 0.102. The van der Waals surface area contributed by atoms with Crippen LogP contribution in [0.5, 0.6) is 0 Å². The van der Waals surface area contributed by atoms with Gasteiger partial charge in [0.25, 0.3) is 0 Å². The fourth-order valence-corrected chi connectivity index (χ4v) is 5.37. The number of fused-ring (bicyclic) bond motifs is 1. The lowest BCUT2D eigenvalue weighted by molar-refractivity contribution is 0.104. The van der Waals surface area contributed by atoms with Crippen LogP contribution in [0.25, 0.3) is 20.8 Å². The van der Waals surface area contributed by atoms with E-state index < -0.39 is 0 Å². The summed E-state index contributed by atoms with van der Waals surface area (Å²) in [7, 11) is 0. The van der Waals surface area contributed by atoms with E-state index in [1.807, 2.05) is 24.3 Å². The summed E-state index contributed by atoms with van der Waals surface area (Å²) in [6.45, 7) is 2.97. The molecule has 3 N–H and O–H groups in total. The van der Waals surface area contributed by atoms with Gasteiger partial charge in [-0.2, -0.15) is 0 Å². The third-order valence-corrected chi connectivity index (χ3v) is 7.05. The molecule has 2 heterocycles. The van der Waals surface area contributed by atoms with Gasteiger partial charge in [0.1, 0.15) is 14.9 Å². The Bertz CT molecular complexity index is 1130. The van der Waals surface area contributed by atoms with E-state index in [1.165, 1.54) is 11.3 Å². The number of aromatic nitrogens is 1. The number of nitrogens with zero attached hydrogens (tertiary/aromatic N) is 1. The van der Waals surface area contributed by atoms with Crippen molar-refractivity contribution in [3.05, 3.63) is 64.0 Å². The predicted molar refractivity (Wildman–Crippen MR) is 126 cm³/mol. The van der Waals surface area contributed by atoms with Gasteiger partial charge in [0.2, 0.25) is 5.78 Å². The first kappa shape index (κ1) is 19.9. The molecular weight excluding hydrogens is 422 g/mol. The largest absolute Gasteiger partial charge is 0.397 e. The van der Waals surface area contributed by atoms with Crippen molar-refractivity contribution in [3.63, 3.8) is 0 Å². The number of carbonyl (C=O) groups excluding carboxylic acids is 1. The van der Waals surface area contributed by atoms with Gasteiger partial charge in [-0.05, 0) is 42.8 Å². The van der Waals surface area contributed by atoms with Gasteiger partial charge in [-0.15, -0.1) is 22.7 Å². The Morgan fingerprint density at radius 1 is 1.14 bits per heavy atom. The molecule has 148 valence electrons. The van der Waals surface area contributed by atoms with E-state index in [0.29, 0.717) is 21.2 Å². The number of unbranched alkanes of at least 4 members (excludes halogenated alkanes) is 1. The maximum Gasteiger partial charge on any atom is 0.205 e. The molecule has 0 saturated heterocycles. The Morgan fingerprint density at radius 3 is 2.62 bits per heavy atom. The molecule has 0 bridgehead atoms. The molecule has 0 aliphatic rings. The number of anilines is 2. The number of carbonyl (C=O) groups is 1. The van der Waals surface area contributed by atoms with Gasteiger partial charge < -0.3 is 11.1 Å². The molecule has 4 rings (SSSR count). The molecule has 0 aliphatic carbocycles. The van der Waals surface area contributed by atoms with E-state index >= 15 is 0 Å². The number of nitrogen functional groups attached to an aromatic ring is 1. The summed E-state index contributed by atoms with van der Waals surface area (Å²) in [5.41, 5.74) is 9.33. The van der Waals surface area contributed by atoms with E-state index in [4.69, 9.17) is 22.3 Å². The maximum absolute atomic E-state index is 13.1. The zero-order chi connectivity index (χ0) is 20.4. The predicted octanol–water partition coefficient (Wildman–Crippen LogP) is 6.70. The second-order valence-corrected chi connectivity index (χ2v) is 9.14. The lowest BCUT2D eigenvalue weighted by Gasteiger charge is -2.05. The number of rotatable bonds is 7. The Morgan fingerprint density at radius 2 is 1.90 bits per heavy atom. The van der Waals surface area contributed by atoms with Gasteiger partial charge in [0, 0.05) is 17.1 Å². The van der Waals surface area contributed by atoms with Gasteiger partial charge in [-0.1, -0.05) is 37.1 Å². The van der Waals surface area contributed by atoms with Gasteiger partial charge in [-0.25, -0.2) is 4.98 Å². The molecule has 0 aliphatic heterocycles. The van der Waals surface area contributed by atoms with Crippen molar-refractivity contribution in [1.29, 1.82) is 0 Å². The van der Waals surface area contributed by atoms with Crippen LogP contribution in [0.3, 0.4) is 0 Å². The highest BCUT2D eigenvalue weighted by molar-refractivity contribution is 7.23. The van der Waals surface area contributed by atoms with Crippen LogP contribution in [0.2, 0.25) is 5.02 Å². The van der Waals surface area contributed by atoms with Crippen molar-refractivity contribution in [3.8, 4) is 10.6 Å². The van der Waals surface area contributed by atoms with Gasteiger partial charge >= 0.3 is 0 Å². The summed E-state index contributed by atoms with van der Waals surface area (Å²) in [4.78, 5) is 18.4. The van der Waals surface area contributed by atoms with Crippen LogP contribution in [0.1, 0.15) is 35.0 Å². The Balaban J connectivity index is 1.80. The van der Waals surface area contributed by atoms with Crippen molar-refractivity contribution in [1.82, 2.24) is 4.98 Å². The van der Waals surface area contributed by atoms with Crippen molar-refractivity contribution in [2.45, 2.75) is 19.8 Å². The topological polar surface area (TPSA) is 68.0 Å². The minimum Gasteiger partial charge on any atom is -0.397 e. The second-order valence-electron chi connectivity index (χ2n) is 6.65. The molecule has 4 nitrogen and oxygen atoms in total. The number of hydrogen-bond donors (Lipinski definition) is 2. The van der Waals surface area contributed by atoms with Gasteiger partial charge in [-0.3, -0.25) is 4.79 Å². The highest BCUT2D eigenvalue weighted by Gasteiger charge is 2.25. The fraction of sp³-hybridized carbons (Fsp3) is 0.182. The molecule has 0 fully saturated rings. The van der Waals surface area contributed by atoms with Crippen LogP contribution < -0.4 is 11.1 Å². The molecule has 0 unspecified atom stereocenters. The summed E-state index contributed by atoms with van der Waals surface area (Å²) in [6.07, 6.45) is 2.12. The average molecular weight is 442 g/mol. The minimum atomic E-state index is -0.102. The van der Waals surface area contributed by atoms with Crippen LogP contribution in [-0.4, -0.2) is 17.3 Å². The zero-order valence-electron chi connectivity index (χ0n) is 15.9. The van der Waals surface area contributed by atoms with Gasteiger partial charge in [0.05, 0.1) is 21.5 Å². The maximum atomic E-state index is 13.1. The summed E-state index contributed by atoms with van der Waals surface area (Å²) in [6, 6.07) is 14.9. The number of para-hydroxylation sites is 1.